The highest BCUT2D eigenvalue weighted by atomic mass is 16.5. The van der Waals surface area contributed by atoms with Crippen LogP contribution in [0, 0.1) is 5.92 Å². The molecule has 1 aliphatic carbocycles. The molecule has 0 saturated heterocycles. The molecular weight excluding hydrogens is 316 g/mol. The summed E-state index contributed by atoms with van der Waals surface area (Å²) in [7, 11) is 1.88. The molecule has 1 aromatic rings. The lowest BCUT2D eigenvalue weighted by atomic mass is 9.86. The SMILES string of the molecule is CN(C(=O)NC1CC(C)(C)Oc2ccccc21)C1CCC(CO)CC1. The maximum Gasteiger partial charge on any atom is 0.317 e. The van der Waals surface area contributed by atoms with Gasteiger partial charge in [0.25, 0.3) is 0 Å². The zero-order valence-corrected chi connectivity index (χ0v) is 15.5. The molecule has 3 rings (SSSR count). The molecule has 0 spiro atoms. The fourth-order valence-electron chi connectivity index (χ4n) is 4.06. The second-order valence-corrected chi connectivity index (χ2v) is 8.07. The zero-order valence-electron chi connectivity index (χ0n) is 15.5. The van der Waals surface area contributed by atoms with Gasteiger partial charge in [0.05, 0.1) is 6.04 Å². The highest BCUT2D eigenvalue weighted by molar-refractivity contribution is 5.75. The average molecular weight is 346 g/mol. The predicted octanol–water partition coefficient (Wildman–Crippen LogP) is 3.48. The molecule has 0 bridgehead atoms. The number of aliphatic hydroxyl groups excluding tert-OH is 1. The minimum absolute atomic E-state index is 0.0232. The van der Waals surface area contributed by atoms with Gasteiger partial charge in [0.15, 0.2) is 0 Å². The number of nitrogens with one attached hydrogen (secondary N) is 1. The van der Waals surface area contributed by atoms with E-state index in [4.69, 9.17) is 4.74 Å². The van der Waals surface area contributed by atoms with Crippen molar-refractivity contribution in [1.29, 1.82) is 0 Å². The molecule has 1 atom stereocenters. The van der Waals surface area contributed by atoms with Crippen molar-refractivity contribution in [3.8, 4) is 5.75 Å². The first-order valence-corrected chi connectivity index (χ1v) is 9.32. The van der Waals surface area contributed by atoms with Crippen LogP contribution in [0.5, 0.6) is 5.75 Å². The van der Waals surface area contributed by atoms with Gasteiger partial charge < -0.3 is 20.1 Å². The summed E-state index contributed by atoms with van der Waals surface area (Å²) >= 11 is 0. The number of carbonyl (C=O) groups excluding carboxylic acids is 1. The van der Waals surface area contributed by atoms with Gasteiger partial charge in [-0.1, -0.05) is 18.2 Å². The van der Waals surface area contributed by atoms with E-state index in [1.165, 1.54) is 0 Å². The second kappa shape index (κ2) is 7.24. The average Bonchev–Trinajstić information content (AvgIpc) is 2.60. The topological polar surface area (TPSA) is 61.8 Å². The van der Waals surface area contributed by atoms with Crippen LogP contribution in [0.1, 0.15) is 57.6 Å². The Morgan fingerprint density at radius 3 is 2.64 bits per heavy atom. The van der Waals surface area contributed by atoms with Gasteiger partial charge in [-0.3, -0.25) is 0 Å². The number of fused-ring (bicyclic) bond motifs is 1. The molecule has 25 heavy (non-hydrogen) atoms. The molecule has 1 fully saturated rings. The first-order chi connectivity index (χ1) is 11.9. The number of rotatable bonds is 3. The fraction of sp³-hybridized carbons (Fsp3) is 0.650. The lowest BCUT2D eigenvalue weighted by Crippen LogP contribution is -2.48. The highest BCUT2D eigenvalue weighted by Gasteiger charge is 2.35. The number of para-hydroxylation sites is 1. The minimum atomic E-state index is -0.302. The molecule has 2 amide bonds. The minimum Gasteiger partial charge on any atom is -0.487 e. The third kappa shape index (κ3) is 4.09. The summed E-state index contributed by atoms with van der Waals surface area (Å²) in [4.78, 5) is 14.7. The van der Waals surface area contributed by atoms with E-state index in [1.807, 2.05) is 36.2 Å². The quantitative estimate of drug-likeness (QED) is 0.881. The van der Waals surface area contributed by atoms with Crippen LogP contribution < -0.4 is 10.1 Å². The normalized spacial score (nSPS) is 27.8. The number of amides is 2. The van der Waals surface area contributed by atoms with Crippen molar-refractivity contribution >= 4 is 6.03 Å². The molecule has 1 unspecified atom stereocenters. The van der Waals surface area contributed by atoms with Crippen LogP contribution in [-0.2, 0) is 0 Å². The molecular formula is C20H30N2O3. The number of carbonyl (C=O) groups is 1. The van der Waals surface area contributed by atoms with Crippen molar-refractivity contribution in [3.63, 3.8) is 0 Å². The highest BCUT2D eigenvalue weighted by Crippen LogP contribution is 2.39. The molecule has 5 nitrogen and oxygen atoms in total. The molecule has 0 radical (unpaired) electrons. The van der Waals surface area contributed by atoms with Crippen molar-refractivity contribution in [2.45, 2.75) is 63.6 Å². The number of aliphatic hydroxyl groups is 1. The van der Waals surface area contributed by atoms with Crippen molar-refractivity contribution in [2.24, 2.45) is 5.92 Å². The van der Waals surface area contributed by atoms with Crippen LogP contribution in [0.15, 0.2) is 24.3 Å². The van der Waals surface area contributed by atoms with E-state index in [0.717, 1.165) is 43.4 Å². The van der Waals surface area contributed by atoms with Crippen molar-refractivity contribution in [2.75, 3.05) is 13.7 Å². The predicted molar refractivity (Wildman–Crippen MR) is 97.6 cm³/mol. The number of hydrogen-bond donors (Lipinski definition) is 2. The number of nitrogens with zero attached hydrogens (tertiary/aromatic N) is 1. The van der Waals surface area contributed by atoms with Crippen molar-refractivity contribution in [3.05, 3.63) is 29.8 Å². The maximum absolute atomic E-state index is 12.8. The molecule has 1 aromatic carbocycles. The van der Waals surface area contributed by atoms with Crippen molar-refractivity contribution < 1.29 is 14.6 Å². The largest absolute Gasteiger partial charge is 0.487 e. The van der Waals surface area contributed by atoms with Gasteiger partial charge in [0.1, 0.15) is 11.4 Å². The number of benzene rings is 1. The lowest BCUT2D eigenvalue weighted by molar-refractivity contribution is 0.0655. The molecule has 1 heterocycles. The summed E-state index contributed by atoms with van der Waals surface area (Å²) in [5.74, 6) is 1.26. The standard InChI is InChI=1S/C20H30N2O3/c1-20(2)12-17(16-6-4-5-7-18(16)25-20)21-19(24)22(3)15-10-8-14(13-23)9-11-15/h4-7,14-15,17,23H,8-13H2,1-3H3,(H,21,24). The molecule has 2 aliphatic rings. The third-order valence-electron chi connectivity index (χ3n) is 5.62. The van der Waals surface area contributed by atoms with E-state index in [0.29, 0.717) is 5.92 Å². The van der Waals surface area contributed by atoms with Gasteiger partial charge in [-0.15, -0.1) is 0 Å². The number of ether oxygens (including phenoxy) is 1. The van der Waals surface area contributed by atoms with E-state index in [1.54, 1.807) is 0 Å². The van der Waals surface area contributed by atoms with Crippen LogP contribution in [0.2, 0.25) is 0 Å². The van der Waals surface area contributed by atoms with Gasteiger partial charge in [-0.2, -0.15) is 0 Å². The third-order valence-corrected chi connectivity index (χ3v) is 5.62. The monoisotopic (exact) mass is 346 g/mol. The summed E-state index contributed by atoms with van der Waals surface area (Å²) in [5.41, 5.74) is 0.747. The molecule has 138 valence electrons. The molecule has 1 saturated carbocycles. The first kappa shape index (κ1) is 18.1. The van der Waals surface area contributed by atoms with Crippen LogP contribution in [-0.4, -0.2) is 41.3 Å². The van der Waals surface area contributed by atoms with Gasteiger partial charge in [0, 0.05) is 31.7 Å². The Labute approximate surface area is 150 Å². The molecule has 2 N–H and O–H groups in total. The summed E-state index contributed by atoms with van der Waals surface area (Å²) in [5, 5.41) is 12.5. The van der Waals surface area contributed by atoms with Gasteiger partial charge in [-0.25, -0.2) is 4.79 Å². The fourth-order valence-corrected chi connectivity index (χ4v) is 4.06. The van der Waals surface area contributed by atoms with E-state index < -0.39 is 0 Å². The summed E-state index contributed by atoms with van der Waals surface area (Å²) in [6, 6.07) is 8.14. The maximum atomic E-state index is 12.8. The van der Waals surface area contributed by atoms with Crippen molar-refractivity contribution in [1.82, 2.24) is 10.2 Å². The first-order valence-electron chi connectivity index (χ1n) is 9.32. The number of hydrogen-bond acceptors (Lipinski definition) is 3. The molecule has 5 heteroatoms. The Morgan fingerprint density at radius 2 is 1.96 bits per heavy atom. The van der Waals surface area contributed by atoms with Gasteiger partial charge in [0.2, 0.25) is 0 Å². The van der Waals surface area contributed by atoms with Crippen LogP contribution in [0.25, 0.3) is 0 Å². The second-order valence-electron chi connectivity index (χ2n) is 8.07. The Morgan fingerprint density at radius 1 is 1.28 bits per heavy atom. The van der Waals surface area contributed by atoms with E-state index in [-0.39, 0.29) is 30.3 Å². The molecule has 1 aliphatic heterocycles. The van der Waals surface area contributed by atoms with Crippen LogP contribution in [0.4, 0.5) is 4.79 Å². The lowest BCUT2D eigenvalue weighted by Gasteiger charge is -2.39. The van der Waals surface area contributed by atoms with E-state index in [9.17, 15) is 9.90 Å². The van der Waals surface area contributed by atoms with E-state index in [2.05, 4.69) is 19.2 Å². The van der Waals surface area contributed by atoms with E-state index >= 15 is 0 Å². The zero-order chi connectivity index (χ0) is 18.0. The van der Waals surface area contributed by atoms with Crippen LogP contribution >= 0.6 is 0 Å². The Bertz CT molecular complexity index is 609. The Balaban J connectivity index is 1.66. The summed E-state index contributed by atoms with van der Waals surface area (Å²) < 4.78 is 6.04. The Kier molecular flexibility index (Phi) is 5.23. The smallest absolute Gasteiger partial charge is 0.317 e. The molecule has 0 aromatic heterocycles. The van der Waals surface area contributed by atoms with Gasteiger partial charge >= 0.3 is 6.03 Å². The van der Waals surface area contributed by atoms with Crippen LogP contribution in [0.3, 0.4) is 0 Å². The summed E-state index contributed by atoms with van der Waals surface area (Å²) in [6.45, 7) is 4.38. The summed E-state index contributed by atoms with van der Waals surface area (Å²) in [6.07, 6.45) is 4.66. The Hall–Kier alpha value is -1.75. The van der Waals surface area contributed by atoms with Gasteiger partial charge in [-0.05, 0) is 51.5 Å². The number of urea groups is 1.